The smallest absolute Gasteiger partial charge is 0.274 e. The molecule has 2 aromatic carbocycles. The third-order valence-electron chi connectivity index (χ3n) is 4.29. The van der Waals surface area contributed by atoms with Crippen LogP contribution in [0.25, 0.3) is 23.0 Å². The minimum atomic E-state index is -0.306. The Kier molecular flexibility index (Phi) is 5.53. The Balaban J connectivity index is 1.44. The van der Waals surface area contributed by atoms with Gasteiger partial charge in [-0.3, -0.25) is 4.79 Å². The van der Waals surface area contributed by atoms with Crippen molar-refractivity contribution in [3.05, 3.63) is 82.7 Å². The summed E-state index contributed by atoms with van der Waals surface area (Å²) in [6.07, 6.45) is 1.77. The molecular formula is C21H16BrFN4O2. The molecule has 2 aromatic heterocycles. The molecule has 0 aliphatic rings. The largest absolute Gasteiger partial charge is 0.350 e. The summed E-state index contributed by atoms with van der Waals surface area (Å²) >= 11 is 3.40. The van der Waals surface area contributed by atoms with Crippen molar-refractivity contribution >= 4 is 21.8 Å². The summed E-state index contributed by atoms with van der Waals surface area (Å²) in [6.45, 7) is 0.420. The fraction of sp³-hybridized carbons (Fsp3) is 0.0952. The van der Waals surface area contributed by atoms with Gasteiger partial charge in [-0.25, -0.2) is 4.39 Å². The Morgan fingerprint density at radius 2 is 1.86 bits per heavy atom. The molecule has 1 N–H and O–H groups in total. The zero-order chi connectivity index (χ0) is 20.2. The van der Waals surface area contributed by atoms with Gasteiger partial charge in [0.05, 0.1) is 0 Å². The number of halogens is 2. The SMILES string of the molecule is O=C(Cn1cccc1-c1nc(-c2ccc(Br)cc2)no1)NCc1ccc(F)cc1. The van der Waals surface area contributed by atoms with Crippen LogP contribution in [0.5, 0.6) is 0 Å². The lowest BCUT2D eigenvalue weighted by Gasteiger charge is -2.08. The highest BCUT2D eigenvalue weighted by Crippen LogP contribution is 2.24. The van der Waals surface area contributed by atoms with E-state index in [2.05, 4.69) is 31.4 Å². The summed E-state index contributed by atoms with van der Waals surface area (Å²) < 4.78 is 21.1. The van der Waals surface area contributed by atoms with Crippen molar-refractivity contribution in [2.75, 3.05) is 0 Å². The summed E-state index contributed by atoms with van der Waals surface area (Å²) in [5, 5.41) is 6.85. The van der Waals surface area contributed by atoms with E-state index in [-0.39, 0.29) is 18.3 Å². The average molecular weight is 455 g/mol. The second-order valence-electron chi connectivity index (χ2n) is 6.35. The van der Waals surface area contributed by atoms with Crippen molar-refractivity contribution in [1.29, 1.82) is 0 Å². The zero-order valence-electron chi connectivity index (χ0n) is 15.2. The maximum Gasteiger partial charge on any atom is 0.274 e. The summed E-state index contributed by atoms with van der Waals surface area (Å²) in [5.74, 6) is 0.318. The molecule has 0 saturated carbocycles. The molecular weight excluding hydrogens is 439 g/mol. The number of nitrogens with one attached hydrogen (secondary N) is 1. The molecule has 0 radical (unpaired) electrons. The van der Waals surface area contributed by atoms with E-state index >= 15 is 0 Å². The van der Waals surface area contributed by atoms with Gasteiger partial charge in [-0.2, -0.15) is 4.98 Å². The molecule has 146 valence electrons. The van der Waals surface area contributed by atoms with Gasteiger partial charge >= 0.3 is 0 Å². The van der Waals surface area contributed by atoms with Gasteiger partial charge in [0.2, 0.25) is 11.7 Å². The lowest BCUT2D eigenvalue weighted by Crippen LogP contribution is -2.27. The number of carbonyl (C=O) groups excluding carboxylic acids is 1. The molecule has 0 saturated heterocycles. The van der Waals surface area contributed by atoms with Crippen LogP contribution in [-0.4, -0.2) is 20.6 Å². The molecule has 6 nitrogen and oxygen atoms in total. The first-order chi connectivity index (χ1) is 14.1. The van der Waals surface area contributed by atoms with Crippen molar-refractivity contribution in [3.63, 3.8) is 0 Å². The lowest BCUT2D eigenvalue weighted by molar-refractivity contribution is -0.121. The number of carbonyl (C=O) groups is 1. The molecule has 4 rings (SSSR count). The van der Waals surface area contributed by atoms with Crippen LogP contribution in [-0.2, 0) is 17.9 Å². The van der Waals surface area contributed by atoms with Gasteiger partial charge in [0.15, 0.2) is 0 Å². The van der Waals surface area contributed by atoms with Gasteiger partial charge in [0.1, 0.15) is 18.1 Å². The Morgan fingerprint density at radius 1 is 1.10 bits per heavy atom. The van der Waals surface area contributed by atoms with Crippen molar-refractivity contribution in [3.8, 4) is 23.0 Å². The maximum absolute atomic E-state index is 13.0. The quantitative estimate of drug-likeness (QED) is 0.467. The minimum absolute atomic E-state index is 0.0968. The van der Waals surface area contributed by atoms with Crippen LogP contribution in [0.4, 0.5) is 4.39 Å². The van der Waals surface area contributed by atoms with Crippen molar-refractivity contribution in [2.45, 2.75) is 13.1 Å². The molecule has 1 amide bonds. The highest BCUT2D eigenvalue weighted by molar-refractivity contribution is 9.10. The van der Waals surface area contributed by atoms with Gasteiger partial charge in [0, 0.05) is 22.8 Å². The number of hydrogen-bond donors (Lipinski definition) is 1. The number of benzene rings is 2. The fourth-order valence-electron chi connectivity index (χ4n) is 2.80. The van der Waals surface area contributed by atoms with E-state index < -0.39 is 0 Å². The van der Waals surface area contributed by atoms with E-state index in [1.54, 1.807) is 22.9 Å². The van der Waals surface area contributed by atoms with Crippen LogP contribution < -0.4 is 5.32 Å². The predicted octanol–water partition coefficient (Wildman–Crippen LogP) is 4.42. The van der Waals surface area contributed by atoms with E-state index in [1.807, 2.05) is 36.4 Å². The van der Waals surface area contributed by atoms with Crippen LogP contribution in [0.3, 0.4) is 0 Å². The van der Waals surface area contributed by atoms with Crippen LogP contribution >= 0.6 is 15.9 Å². The second kappa shape index (κ2) is 8.40. The van der Waals surface area contributed by atoms with Crippen molar-refractivity contribution in [1.82, 2.24) is 20.0 Å². The highest BCUT2D eigenvalue weighted by Gasteiger charge is 2.15. The summed E-state index contributed by atoms with van der Waals surface area (Å²) in [7, 11) is 0. The third kappa shape index (κ3) is 4.60. The fourth-order valence-corrected chi connectivity index (χ4v) is 3.07. The summed E-state index contributed by atoms with van der Waals surface area (Å²) in [4.78, 5) is 16.8. The van der Waals surface area contributed by atoms with Gasteiger partial charge in [-0.1, -0.05) is 33.2 Å². The van der Waals surface area contributed by atoms with Gasteiger partial charge in [0.25, 0.3) is 5.89 Å². The second-order valence-corrected chi connectivity index (χ2v) is 7.27. The Labute approximate surface area is 174 Å². The molecule has 0 unspecified atom stereocenters. The van der Waals surface area contributed by atoms with Gasteiger partial charge in [-0.05, 0) is 54.1 Å². The molecule has 0 aliphatic heterocycles. The number of amides is 1. The Hall–Kier alpha value is -3.26. The van der Waals surface area contributed by atoms with E-state index in [1.165, 1.54) is 12.1 Å². The normalized spacial score (nSPS) is 10.8. The standard InChI is InChI=1S/C21H16BrFN4O2/c22-16-7-5-15(6-8-16)20-25-21(29-26-20)18-2-1-11-27(18)13-19(28)24-12-14-3-9-17(23)10-4-14/h1-11H,12-13H2,(H,24,28). The molecule has 0 atom stereocenters. The Morgan fingerprint density at radius 3 is 2.62 bits per heavy atom. The minimum Gasteiger partial charge on any atom is -0.350 e. The molecule has 0 spiro atoms. The molecule has 29 heavy (non-hydrogen) atoms. The van der Waals surface area contributed by atoms with E-state index in [9.17, 15) is 9.18 Å². The van der Waals surface area contributed by atoms with Crippen LogP contribution in [0.1, 0.15) is 5.56 Å². The maximum atomic E-state index is 13.0. The third-order valence-corrected chi connectivity index (χ3v) is 4.82. The van der Waals surface area contributed by atoms with Gasteiger partial charge < -0.3 is 14.4 Å². The highest BCUT2D eigenvalue weighted by atomic mass is 79.9. The van der Waals surface area contributed by atoms with E-state index in [0.717, 1.165) is 15.6 Å². The average Bonchev–Trinajstić information content (AvgIpc) is 3.37. The summed E-state index contributed by atoms with van der Waals surface area (Å²) in [5.41, 5.74) is 2.31. The lowest BCUT2D eigenvalue weighted by atomic mass is 10.2. The number of hydrogen-bond acceptors (Lipinski definition) is 4. The number of rotatable bonds is 6. The molecule has 0 aliphatic carbocycles. The van der Waals surface area contributed by atoms with Crippen LogP contribution in [0, 0.1) is 5.82 Å². The van der Waals surface area contributed by atoms with E-state index in [0.29, 0.717) is 24.0 Å². The van der Waals surface area contributed by atoms with Crippen molar-refractivity contribution in [2.24, 2.45) is 0 Å². The predicted molar refractivity (Wildman–Crippen MR) is 109 cm³/mol. The van der Waals surface area contributed by atoms with E-state index in [4.69, 9.17) is 4.52 Å². The number of nitrogens with zero attached hydrogens (tertiary/aromatic N) is 3. The topological polar surface area (TPSA) is 73.0 Å². The number of aromatic nitrogens is 3. The molecule has 4 aromatic rings. The molecule has 0 bridgehead atoms. The van der Waals surface area contributed by atoms with Crippen LogP contribution in [0.15, 0.2) is 75.9 Å². The zero-order valence-corrected chi connectivity index (χ0v) is 16.8. The molecule has 0 fully saturated rings. The van der Waals surface area contributed by atoms with Crippen molar-refractivity contribution < 1.29 is 13.7 Å². The first kappa shape index (κ1) is 19.1. The first-order valence-corrected chi connectivity index (χ1v) is 9.64. The monoisotopic (exact) mass is 454 g/mol. The summed E-state index contributed by atoms with van der Waals surface area (Å²) in [6, 6.07) is 17.2. The molecule has 8 heteroatoms. The van der Waals surface area contributed by atoms with Crippen LogP contribution in [0.2, 0.25) is 0 Å². The van der Waals surface area contributed by atoms with Gasteiger partial charge in [-0.15, -0.1) is 0 Å². The first-order valence-electron chi connectivity index (χ1n) is 8.85. The Bertz CT molecular complexity index is 1120. The molecule has 2 heterocycles.